The van der Waals surface area contributed by atoms with Crippen LogP contribution in [0.25, 0.3) is 0 Å². The van der Waals surface area contributed by atoms with E-state index in [9.17, 15) is 9.59 Å². The molecule has 30 heavy (non-hydrogen) atoms. The smallest absolute Gasteiger partial charge is 0.309 e. The van der Waals surface area contributed by atoms with Crippen LogP contribution < -0.4 is 0 Å². The summed E-state index contributed by atoms with van der Waals surface area (Å²) in [6, 6.07) is 0. The second kappa shape index (κ2) is 7.20. The SMILES string of the molecule is C[C@]12CC[C@H]3[C@@](C)(CCC4=CC(=O)CC[C@@]43C)[C@@H]1CC[C@@H]2OC(=O)C1CCCCC1. The number of fused-ring (bicyclic) bond motifs is 5. The summed E-state index contributed by atoms with van der Waals surface area (Å²) in [6.45, 7) is 7.43. The highest BCUT2D eigenvalue weighted by Gasteiger charge is 2.64. The van der Waals surface area contributed by atoms with E-state index in [0.717, 1.165) is 44.9 Å². The highest BCUT2D eigenvalue weighted by atomic mass is 16.5. The summed E-state index contributed by atoms with van der Waals surface area (Å²) in [5.74, 6) is 1.87. The molecule has 0 aromatic carbocycles. The number of rotatable bonds is 2. The molecule has 166 valence electrons. The van der Waals surface area contributed by atoms with Gasteiger partial charge in [0.1, 0.15) is 6.10 Å². The van der Waals surface area contributed by atoms with Crippen LogP contribution in [0.15, 0.2) is 11.6 Å². The molecule has 6 atom stereocenters. The van der Waals surface area contributed by atoms with Gasteiger partial charge in [-0.15, -0.1) is 0 Å². The van der Waals surface area contributed by atoms with E-state index in [4.69, 9.17) is 4.74 Å². The quantitative estimate of drug-likeness (QED) is 0.493. The van der Waals surface area contributed by atoms with E-state index >= 15 is 0 Å². The lowest BCUT2D eigenvalue weighted by Gasteiger charge is -2.63. The molecule has 4 saturated carbocycles. The lowest BCUT2D eigenvalue weighted by Crippen LogP contribution is -2.57. The summed E-state index contributed by atoms with van der Waals surface area (Å²) < 4.78 is 6.30. The molecule has 5 aliphatic carbocycles. The summed E-state index contributed by atoms with van der Waals surface area (Å²) >= 11 is 0. The number of esters is 1. The van der Waals surface area contributed by atoms with Crippen molar-refractivity contribution in [1.29, 1.82) is 0 Å². The van der Waals surface area contributed by atoms with Crippen molar-refractivity contribution in [1.82, 2.24) is 0 Å². The van der Waals surface area contributed by atoms with E-state index in [2.05, 4.69) is 20.8 Å². The average molecular weight is 413 g/mol. The number of carbonyl (C=O) groups excluding carboxylic acids is 2. The maximum atomic E-state index is 12.9. The first-order valence-corrected chi connectivity index (χ1v) is 12.7. The summed E-state index contributed by atoms with van der Waals surface area (Å²) in [7, 11) is 0. The van der Waals surface area contributed by atoms with Crippen molar-refractivity contribution in [3.05, 3.63) is 11.6 Å². The number of hydrogen-bond donors (Lipinski definition) is 0. The van der Waals surface area contributed by atoms with Crippen molar-refractivity contribution in [3.63, 3.8) is 0 Å². The van der Waals surface area contributed by atoms with Gasteiger partial charge in [-0.3, -0.25) is 9.59 Å². The van der Waals surface area contributed by atoms with Crippen LogP contribution in [0.4, 0.5) is 0 Å². The van der Waals surface area contributed by atoms with E-state index in [1.165, 1.54) is 44.1 Å². The molecule has 3 heteroatoms. The van der Waals surface area contributed by atoms with Crippen LogP contribution in [0.3, 0.4) is 0 Å². The van der Waals surface area contributed by atoms with Crippen molar-refractivity contribution in [2.75, 3.05) is 0 Å². The minimum Gasteiger partial charge on any atom is -0.462 e. The lowest BCUT2D eigenvalue weighted by atomic mass is 9.41. The Kier molecular flexibility index (Phi) is 4.99. The zero-order valence-electron chi connectivity index (χ0n) is 19.3. The van der Waals surface area contributed by atoms with Gasteiger partial charge < -0.3 is 4.74 Å². The molecule has 0 aromatic heterocycles. The first kappa shape index (κ1) is 20.8. The molecule has 0 amide bonds. The molecule has 0 heterocycles. The van der Waals surface area contributed by atoms with Crippen LogP contribution in [0.1, 0.15) is 104 Å². The third-order valence-corrected chi connectivity index (χ3v) is 10.7. The largest absolute Gasteiger partial charge is 0.462 e. The summed E-state index contributed by atoms with van der Waals surface area (Å²) in [5.41, 5.74) is 2.05. The molecule has 0 aliphatic heterocycles. The predicted molar refractivity (Wildman–Crippen MR) is 118 cm³/mol. The number of allylic oxidation sites excluding steroid dienone is 1. The second-order valence-electron chi connectivity index (χ2n) is 12.0. The highest BCUT2D eigenvalue weighted by Crippen LogP contribution is 2.70. The summed E-state index contributed by atoms with van der Waals surface area (Å²) in [4.78, 5) is 25.0. The zero-order chi connectivity index (χ0) is 21.1. The maximum Gasteiger partial charge on any atom is 0.309 e. The van der Waals surface area contributed by atoms with Crippen LogP contribution in [0, 0.1) is 34.0 Å². The number of ketones is 1. The van der Waals surface area contributed by atoms with Gasteiger partial charge in [0.25, 0.3) is 0 Å². The molecular formula is C27H40O3. The minimum absolute atomic E-state index is 0.0977. The van der Waals surface area contributed by atoms with Crippen molar-refractivity contribution in [2.24, 2.45) is 34.0 Å². The molecule has 0 N–H and O–H groups in total. The van der Waals surface area contributed by atoms with Crippen molar-refractivity contribution in [3.8, 4) is 0 Å². The molecule has 0 spiro atoms. The standard InChI is InChI=1S/C27H40O3/c1-25-15-12-20(28)17-19(25)11-14-26(2)21-9-10-23(27(21,3)16-13-22(25)26)30-24(29)18-7-5-4-6-8-18/h17-18,21-23H,4-16H2,1-3H3/t21-,22+,23-,25-,26-,27-/m0/s1. The molecule has 5 rings (SSSR count). The number of ether oxygens (including phenoxy) is 1. The Morgan fingerprint density at radius 3 is 2.40 bits per heavy atom. The Morgan fingerprint density at radius 1 is 0.867 bits per heavy atom. The Morgan fingerprint density at radius 2 is 1.63 bits per heavy atom. The molecule has 3 nitrogen and oxygen atoms in total. The van der Waals surface area contributed by atoms with E-state index in [1.807, 2.05) is 6.08 Å². The van der Waals surface area contributed by atoms with Crippen LogP contribution in [-0.4, -0.2) is 17.9 Å². The molecular weight excluding hydrogens is 372 g/mol. The molecule has 5 aliphatic rings. The van der Waals surface area contributed by atoms with E-state index < -0.39 is 0 Å². The maximum absolute atomic E-state index is 12.9. The molecule has 0 bridgehead atoms. The Labute approximate surface area is 182 Å². The van der Waals surface area contributed by atoms with Gasteiger partial charge in [-0.1, -0.05) is 45.6 Å². The van der Waals surface area contributed by atoms with E-state index in [-0.39, 0.29) is 28.8 Å². The molecule has 4 fully saturated rings. The van der Waals surface area contributed by atoms with Gasteiger partial charge in [-0.05, 0) is 86.5 Å². The van der Waals surface area contributed by atoms with Crippen molar-refractivity contribution in [2.45, 2.75) is 110 Å². The van der Waals surface area contributed by atoms with Gasteiger partial charge >= 0.3 is 5.97 Å². The van der Waals surface area contributed by atoms with Crippen molar-refractivity contribution < 1.29 is 14.3 Å². The normalized spacial score (nSPS) is 46.4. The van der Waals surface area contributed by atoms with Crippen molar-refractivity contribution >= 4 is 11.8 Å². The fraction of sp³-hybridized carbons (Fsp3) is 0.852. The summed E-state index contributed by atoms with van der Waals surface area (Å²) in [6.07, 6.45) is 16.4. The van der Waals surface area contributed by atoms with Gasteiger partial charge in [-0.25, -0.2) is 0 Å². The topological polar surface area (TPSA) is 43.4 Å². The zero-order valence-corrected chi connectivity index (χ0v) is 19.3. The fourth-order valence-electron chi connectivity index (χ4n) is 8.95. The first-order valence-electron chi connectivity index (χ1n) is 12.7. The molecule has 0 aromatic rings. The molecule has 0 saturated heterocycles. The second-order valence-corrected chi connectivity index (χ2v) is 12.0. The van der Waals surface area contributed by atoms with Gasteiger partial charge in [0.15, 0.2) is 5.78 Å². The fourth-order valence-corrected chi connectivity index (χ4v) is 8.95. The summed E-state index contributed by atoms with van der Waals surface area (Å²) in [5, 5.41) is 0. The monoisotopic (exact) mass is 412 g/mol. The van der Waals surface area contributed by atoms with Crippen LogP contribution in [0.2, 0.25) is 0 Å². The average Bonchev–Trinajstić information content (AvgIpc) is 3.06. The lowest BCUT2D eigenvalue weighted by molar-refractivity contribution is -0.172. The van der Waals surface area contributed by atoms with Gasteiger partial charge in [-0.2, -0.15) is 0 Å². The predicted octanol–water partition coefficient (Wildman–Crippen LogP) is 6.40. The van der Waals surface area contributed by atoms with Crippen LogP contribution in [-0.2, 0) is 14.3 Å². The van der Waals surface area contributed by atoms with E-state index in [1.54, 1.807) is 0 Å². The van der Waals surface area contributed by atoms with Gasteiger partial charge in [0, 0.05) is 11.8 Å². The Hall–Kier alpha value is -1.12. The number of hydrogen-bond acceptors (Lipinski definition) is 3. The number of carbonyl (C=O) groups is 2. The third-order valence-electron chi connectivity index (χ3n) is 10.7. The van der Waals surface area contributed by atoms with E-state index in [0.29, 0.717) is 23.0 Å². The molecule has 0 radical (unpaired) electrons. The minimum atomic E-state index is 0.0977. The molecule has 0 unspecified atom stereocenters. The van der Waals surface area contributed by atoms with Gasteiger partial charge in [0.2, 0.25) is 0 Å². The van der Waals surface area contributed by atoms with Crippen LogP contribution in [0.5, 0.6) is 0 Å². The first-order chi connectivity index (χ1) is 14.3. The Balaban J connectivity index is 1.37. The highest BCUT2D eigenvalue weighted by molar-refractivity contribution is 5.91. The van der Waals surface area contributed by atoms with Gasteiger partial charge in [0.05, 0.1) is 5.92 Å². The Bertz CT molecular complexity index is 762. The third kappa shape index (κ3) is 2.97. The van der Waals surface area contributed by atoms with Crippen LogP contribution >= 0.6 is 0 Å².